The summed E-state index contributed by atoms with van der Waals surface area (Å²) < 4.78 is 5.69. The molecule has 3 rings (SSSR count). The smallest absolute Gasteiger partial charge is 0.0662 e. The van der Waals surface area contributed by atoms with Crippen molar-refractivity contribution >= 4 is 0 Å². The molecule has 0 aliphatic carbocycles. The first-order valence-electron chi connectivity index (χ1n) is 5.96. The SMILES string of the molecule is C1C[C@H]2CNCC3(CCCOC3)N2C1. The second kappa shape index (κ2) is 3.47. The molecule has 3 fully saturated rings. The third kappa shape index (κ3) is 1.30. The summed E-state index contributed by atoms with van der Waals surface area (Å²) in [4.78, 5) is 2.74. The molecular formula is C11H20N2O. The highest BCUT2D eigenvalue weighted by atomic mass is 16.5. The third-order valence-corrected chi connectivity index (χ3v) is 4.12. The van der Waals surface area contributed by atoms with E-state index in [-0.39, 0.29) is 0 Å². The minimum absolute atomic E-state index is 0.359. The van der Waals surface area contributed by atoms with Crippen LogP contribution in [0.15, 0.2) is 0 Å². The molecule has 2 atom stereocenters. The highest BCUT2D eigenvalue weighted by Crippen LogP contribution is 2.34. The quantitative estimate of drug-likeness (QED) is 0.614. The Balaban J connectivity index is 1.81. The van der Waals surface area contributed by atoms with Gasteiger partial charge < -0.3 is 10.1 Å². The van der Waals surface area contributed by atoms with E-state index in [0.717, 1.165) is 25.8 Å². The van der Waals surface area contributed by atoms with Gasteiger partial charge in [-0.15, -0.1) is 0 Å². The van der Waals surface area contributed by atoms with E-state index in [1.54, 1.807) is 0 Å². The van der Waals surface area contributed by atoms with Gasteiger partial charge in [-0.1, -0.05) is 0 Å². The zero-order valence-electron chi connectivity index (χ0n) is 8.80. The van der Waals surface area contributed by atoms with Gasteiger partial charge in [0, 0.05) is 25.7 Å². The molecule has 3 saturated heterocycles. The summed E-state index contributed by atoms with van der Waals surface area (Å²) in [5, 5.41) is 3.60. The first kappa shape index (κ1) is 9.13. The predicted octanol–water partition coefficient (Wildman–Crippen LogP) is 0.603. The lowest BCUT2D eigenvalue weighted by molar-refractivity contribution is -0.0683. The molecule has 0 amide bonds. The van der Waals surface area contributed by atoms with Gasteiger partial charge in [-0.05, 0) is 32.2 Å². The normalized spacial score (nSPS) is 44.1. The van der Waals surface area contributed by atoms with Gasteiger partial charge in [-0.3, -0.25) is 4.90 Å². The third-order valence-electron chi connectivity index (χ3n) is 4.12. The number of nitrogens with one attached hydrogen (secondary N) is 1. The van der Waals surface area contributed by atoms with Gasteiger partial charge >= 0.3 is 0 Å². The van der Waals surface area contributed by atoms with Crippen LogP contribution < -0.4 is 5.32 Å². The van der Waals surface area contributed by atoms with Gasteiger partial charge in [0.15, 0.2) is 0 Å². The molecule has 0 bridgehead atoms. The Hall–Kier alpha value is -0.120. The Labute approximate surface area is 85.8 Å². The second-order valence-corrected chi connectivity index (χ2v) is 5.00. The first-order valence-corrected chi connectivity index (χ1v) is 5.96. The van der Waals surface area contributed by atoms with Crippen LogP contribution >= 0.6 is 0 Å². The Morgan fingerprint density at radius 3 is 3.21 bits per heavy atom. The molecule has 3 heterocycles. The molecule has 3 aliphatic rings. The van der Waals surface area contributed by atoms with Gasteiger partial charge in [-0.25, -0.2) is 0 Å². The number of hydrogen-bond donors (Lipinski definition) is 1. The Kier molecular flexibility index (Phi) is 2.26. The van der Waals surface area contributed by atoms with Crippen molar-refractivity contribution in [3.8, 4) is 0 Å². The number of rotatable bonds is 0. The van der Waals surface area contributed by atoms with Crippen molar-refractivity contribution in [2.24, 2.45) is 0 Å². The van der Waals surface area contributed by atoms with Crippen LogP contribution in [0, 0.1) is 0 Å². The molecule has 1 spiro atoms. The highest BCUT2D eigenvalue weighted by Gasteiger charge is 2.46. The molecule has 0 radical (unpaired) electrons. The van der Waals surface area contributed by atoms with E-state index >= 15 is 0 Å². The Morgan fingerprint density at radius 2 is 2.36 bits per heavy atom. The van der Waals surface area contributed by atoms with Crippen LogP contribution in [-0.4, -0.2) is 49.3 Å². The average Bonchev–Trinajstić information content (AvgIpc) is 2.69. The second-order valence-electron chi connectivity index (χ2n) is 5.00. The fourth-order valence-corrected chi connectivity index (χ4v) is 3.45. The van der Waals surface area contributed by atoms with Gasteiger partial charge in [0.25, 0.3) is 0 Å². The summed E-state index contributed by atoms with van der Waals surface area (Å²) in [6.45, 7) is 5.57. The highest BCUT2D eigenvalue weighted by molar-refractivity contribution is 5.03. The van der Waals surface area contributed by atoms with E-state index in [1.807, 2.05) is 0 Å². The zero-order chi connectivity index (χ0) is 9.43. The largest absolute Gasteiger partial charge is 0.379 e. The summed E-state index contributed by atoms with van der Waals surface area (Å²) in [6, 6.07) is 0.797. The van der Waals surface area contributed by atoms with Gasteiger partial charge in [-0.2, -0.15) is 0 Å². The predicted molar refractivity (Wildman–Crippen MR) is 55.4 cm³/mol. The lowest BCUT2D eigenvalue weighted by atomic mass is 9.87. The van der Waals surface area contributed by atoms with Crippen molar-refractivity contribution < 1.29 is 4.74 Å². The van der Waals surface area contributed by atoms with Crippen molar-refractivity contribution in [1.82, 2.24) is 10.2 Å². The standard InChI is InChI=1S/C11H20N2O/c1-3-10-7-12-8-11(13(10)5-1)4-2-6-14-9-11/h10,12H,1-9H2/t10-,11?/m0/s1. The number of ether oxygens (including phenoxy) is 1. The van der Waals surface area contributed by atoms with Crippen molar-refractivity contribution in [3.63, 3.8) is 0 Å². The molecule has 80 valence electrons. The van der Waals surface area contributed by atoms with E-state index in [1.165, 1.54) is 38.8 Å². The summed E-state index contributed by atoms with van der Waals surface area (Å²) in [5.74, 6) is 0. The molecule has 1 unspecified atom stereocenters. The fraction of sp³-hybridized carbons (Fsp3) is 1.00. The maximum absolute atomic E-state index is 5.69. The van der Waals surface area contributed by atoms with Crippen LogP contribution in [0.3, 0.4) is 0 Å². The van der Waals surface area contributed by atoms with E-state index in [9.17, 15) is 0 Å². The van der Waals surface area contributed by atoms with Crippen molar-refractivity contribution in [2.75, 3.05) is 32.8 Å². The Bertz CT molecular complexity index is 208. The van der Waals surface area contributed by atoms with Gasteiger partial charge in [0.05, 0.1) is 12.1 Å². The molecule has 0 aromatic heterocycles. The molecule has 14 heavy (non-hydrogen) atoms. The van der Waals surface area contributed by atoms with E-state index in [2.05, 4.69) is 10.2 Å². The van der Waals surface area contributed by atoms with E-state index in [0.29, 0.717) is 5.54 Å². The average molecular weight is 196 g/mol. The summed E-state index contributed by atoms with van der Waals surface area (Å²) >= 11 is 0. The molecule has 1 N–H and O–H groups in total. The summed E-state index contributed by atoms with van der Waals surface area (Å²) in [5.41, 5.74) is 0.359. The van der Waals surface area contributed by atoms with Crippen LogP contribution in [0.1, 0.15) is 25.7 Å². The number of fused-ring (bicyclic) bond motifs is 2. The van der Waals surface area contributed by atoms with Gasteiger partial charge in [0.2, 0.25) is 0 Å². The van der Waals surface area contributed by atoms with Crippen molar-refractivity contribution in [2.45, 2.75) is 37.3 Å². The zero-order valence-corrected chi connectivity index (χ0v) is 8.80. The minimum Gasteiger partial charge on any atom is -0.379 e. The minimum atomic E-state index is 0.359. The fourth-order valence-electron chi connectivity index (χ4n) is 3.45. The van der Waals surface area contributed by atoms with Crippen LogP contribution in [0.5, 0.6) is 0 Å². The van der Waals surface area contributed by atoms with Crippen LogP contribution in [0.2, 0.25) is 0 Å². The Morgan fingerprint density at radius 1 is 1.36 bits per heavy atom. The number of hydrogen-bond acceptors (Lipinski definition) is 3. The van der Waals surface area contributed by atoms with Crippen LogP contribution in [0.25, 0.3) is 0 Å². The summed E-state index contributed by atoms with van der Waals surface area (Å²) in [7, 11) is 0. The van der Waals surface area contributed by atoms with Crippen LogP contribution in [0.4, 0.5) is 0 Å². The van der Waals surface area contributed by atoms with Crippen LogP contribution in [-0.2, 0) is 4.74 Å². The van der Waals surface area contributed by atoms with Gasteiger partial charge in [0.1, 0.15) is 0 Å². The molecule has 0 aromatic carbocycles. The molecule has 0 saturated carbocycles. The monoisotopic (exact) mass is 196 g/mol. The molecule has 0 aromatic rings. The molecule has 3 nitrogen and oxygen atoms in total. The van der Waals surface area contributed by atoms with Crippen molar-refractivity contribution in [1.29, 1.82) is 0 Å². The molecule has 3 heteroatoms. The number of piperazine rings is 1. The molecular weight excluding hydrogens is 176 g/mol. The van der Waals surface area contributed by atoms with E-state index < -0.39 is 0 Å². The van der Waals surface area contributed by atoms with Crippen molar-refractivity contribution in [3.05, 3.63) is 0 Å². The lowest BCUT2D eigenvalue weighted by Gasteiger charge is -2.50. The topological polar surface area (TPSA) is 24.5 Å². The maximum atomic E-state index is 5.69. The first-order chi connectivity index (χ1) is 6.91. The lowest BCUT2D eigenvalue weighted by Crippen LogP contribution is -2.66. The molecule has 3 aliphatic heterocycles. The van der Waals surface area contributed by atoms with E-state index in [4.69, 9.17) is 4.74 Å². The summed E-state index contributed by atoms with van der Waals surface area (Å²) in [6.07, 6.45) is 5.34. The number of nitrogens with zero attached hydrogens (tertiary/aromatic N) is 1. The maximum Gasteiger partial charge on any atom is 0.0662 e.